The molecule has 2 aliphatic rings. The van der Waals surface area contributed by atoms with E-state index in [4.69, 9.17) is 11.6 Å². The van der Waals surface area contributed by atoms with Crippen molar-refractivity contribution in [1.29, 1.82) is 0 Å². The predicted octanol–water partition coefficient (Wildman–Crippen LogP) is 0.713. The summed E-state index contributed by atoms with van der Waals surface area (Å²) >= 11 is 5.79. The molecule has 29 heavy (non-hydrogen) atoms. The first-order valence-electron chi connectivity index (χ1n) is 8.03. The van der Waals surface area contributed by atoms with Crippen LogP contribution in [0.15, 0.2) is 45.2 Å². The highest BCUT2D eigenvalue weighted by Gasteiger charge is 2.16. The van der Waals surface area contributed by atoms with Crippen LogP contribution in [0, 0.1) is 10.1 Å². The minimum atomic E-state index is -0.763. The van der Waals surface area contributed by atoms with Crippen LogP contribution in [-0.4, -0.2) is 26.6 Å². The summed E-state index contributed by atoms with van der Waals surface area (Å²) in [4.78, 5) is 56.4. The number of hydrogen-bond acceptors (Lipinski definition) is 9. The Balaban J connectivity index is 2.18. The lowest BCUT2D eigenvalue weighted by Gasteiger charge is -2.03. The van der Waals surface area contributed by atoms with Gasteiger partial charge in [-0.1, -0.05) is 11.6 Å². The second-order valence-electron chi connectivity index (χ2n) is 5.83. The van der Waals surface area contributed by atoms with Gasteiger partial charge in [-0.05, 0) is 31.2 Å². The maximum Gasteiger partial charge on any atom is 0.368 e. The van der Waals surface area contributed by atoms with Crippen molar-refractivity contribution < 1.29 is 14.5 Å². The van der Waals surface area contributed by atoms with E-state index >= 15 is 0 Å². The highest BCUT2D eigenvalue weighted by molar-refractivity contribution is 6.30. The number of fused-ring (bicyclic) bond motifs is 1. The second-order valence-corrected chi connectivity index (χ2v) is 6.27. The molecule has 1 aliphatic heterocycles. The average molecular weight is 415 g/mol. The quantitative estimate of drug-likeness (QED) is 0.363. The van der Waals surface area contributed by atoms with Gasteiger partial charge in [-0.15, -0.1) is 0 Å². The average Bonchev–Trinajstić information content (AvgIpc) is 3.01. The topological polar surface area (TPSA) is 157 Å². The number of rotatable bonds is 5. The maximum atomic E-state index is 11.9. The van der Waals surface area contributed by atoms with Gasteiger partial charge in [-0.25, -0.2) is 9.79 Å². The van der Waals surface area contributed by atoms with Crippen molar-refractivity contribution in [1.82, 2.24) is 9.97 Å². The SMILES string of the molecule is CC(=O)CC(=O)N=c1ccc2nc(=O)nc-2c1=NNc1ccc(Cl)cc1[N+](=O)[O-]. The van der Waals surface area contributed by atoms with Crippen LogP contribution in [0.1, 0.15) is 13.3 Å². The lowest BCUT2D eigenvalue weighted by Crippen LogP contribution is -2.31. The molecule has 0 aromatic heterocycles. The molecular formula is C17H11ClN6O5. The molecule has 1 amide bonds. The number of amides is 1. The number of ketones is 1. The van der Waals surface area contributed by atoms with Gasteiger partial charge in [0.1, 0.15) is 22.5 Å². The molecule has 0 radical (unpaired) electrons. The zero-order chi connectivity index (χ0) is 21.1. The number of Topliss-reactive ketones (excluding diaryl/α,β-unsaturated/α-hetero) is 1. The molecule has 1 N–H and O–H groups in total. The summed E-state index contributed by atoms with van der Waals surface area (Å²) in [5, 5.41) is 15.4. The van der Waals surface area contributed by atoms with Crippen LogP contribution >= 0.6 is 11.6 Å². The molecule has 0 unspecified atom stereocenters. The van der Waals surface area contributed by atoms with Crippen LogP contribution in [0.3, 0.4) is 0 Å². The molecule has 0 saturated carbocycles. The number of carbonyl (C=O) groups excluding carboxylic acids is 2. The lowest BCUT2D eigenvalue weighted by atomic mass is 10.2. The van der Waals surface area contributed by atoms with Crippen molar-refractivity contribution in [3.8, 4) is 11.4 Å². The van der Waals surface area contributed by atoms with Crippen LogP contribution in [-0.2, 0) is 9.59 Å². The Labute approximate surface area is 166 Å². The third-order valence-corrected chi connectivity index (χ3v) is 3.86. The molecule has 1 heterocycles. The number of nitrogens with zero attached hydrogens (tertiary/aromatic N) is 5. The number of hydrogen-bond donors (Lipinski definition) is 1. The molecule has 11 nitrogen and oxygen atoms in total. The standard InChI is InChI=1S/C17H11ClN6O5/c1-8(25)6-14(26)19-12-5-4-11-15(21-17(27)20-11)16(12)23-22-10-3-2-9(18)7-13(10)24(28)29/h2-5,7,22H,6H2,1H3. The minimum Gasteiger partial charge on any atom is -0.299 e. The Kier molecular flexibility index (Phi) is 5.50. The van der Waals surface area contributed by atoms with Crippen LogP contribution in [0.4, 0.5) is 11.4 Å². The third kappa shape index (κ3) is 4.52. The van der Waals surface area contributed by atoms with E-state index in [0.29, 0.717) is 0 Å². The van der Waals surface area contributed by atoms with Gasteiger partial charge in [-0.2, -0.15) is 15.1 Å². The molecule has 0 atom stereocenters. The van der Waals surface area contributed by atoms with Crippen LogP contribution in [0.25, 0.3) is 11.4 Å². The number of nitrogens with one attached hydrogen (secondary N) is 1. The van der Waals surface area contributed by atoms with Gasteiger partial charge in [0.15, 0.2) is 0 Å². The molecule has 1 aromatic rings. The van der Waals surface area contributed by atoms with Gasteiger partial charge in [0.25, 0.3) is 11.6 Å². The first kappa shape index (κ1) is 19.9. The molecule has 0 spiro atoms. The highest BCUT2D eigenvalue weighted by atomic mass is 35.5. The van der Waals surface area contributed by atoms with E-state index in [1.807, 2.05) is 0 Å². The Morgan fingerprint density at radius 2 is 2.00 bits per heavy atom. The monoisotopic (exact) mass is 414 g/mol. The van der Waals surface area contributed by atoms with Gasteiger partial charge < -0.3 is 0 Å². The minimum absolute atomic E-state index is 0.0132. The maximum absolute atomic E-state index is 11.9. The predicted molar refractivity (Wildman–Crippen MR) is 100 cm³/mol. The van der Waals surface area contributed by atoms with Gasteiger partial charge in [0, 0.05) is 11.1 Å². The fourth-order valence-corrected chi connectivity index (χ4v) is 2.60. The summed E-state index contributed by atoms with van der Waals surface area (Å²) < 4.78 is 0. The molecule has 12 heteroatoms. The summed E-state index contributed by atoms with van der Waals surface area (Å²) in [6.45, 7) is 1.25. The smallest absolute Gasteiger partial charge is 0.299 e. The van der Waals surface area contributed by atoms with Gasteiger partial charge in [0.2, 0.25) is 0 Å². The van der Waals surface area contributed by atoms with Crippen LogP contribution in [0.2, 0.25) is 5.02 Å². The molecule has 3 rings (SSSR count). The number of halogens is 1. The largest absolute Gasteiger partial charge is 0.368 e. The molecular weight excluding hydrogens is 404 g/mol. The van der Waals surface area contributed by atoms with Gasteiger partial charge in [-0.3, -0.25) is 25.1 Å². The summed E-state index contributed by atoms with van der Waals surface area (Å²) in [6, 6.07) is 6.71. The van der Waals surface area contributed by atoms with Crippen molar-refractivity contribution in [2.75, 3.05) is 5.43 Å². The number of benzene rings is 2. The fraction of sp³-hybridized carbons (Fsp3) is 0.118. The number of anilines is 1. The Hall–Kier alpha value is -3.86. The zero-order valence-corrected chi connectivity index (χ0v) is 15.5. The number of carbonyl (C=O) groups is 2. The summed E-state index contributed by atoms with van der Waals surface area (Å²) in [6.07, 6.45) is -0.410. The molecule has 0 saturated heterocycles. The van der Waals surface area contributed by atoms with Crippen molar-refractivity contribution in [3.63, 3.8) is 0 Å². The first-order chi connectivity index (χ1) is 13.7. The summed E-state index contributed by atoms with van der Waals surface area (Å²) in [5.74, 6) is -1.09. The van der Waals surface area contributed by atoms with E-state index < -0.39 is 22.9 Å². The van der Waals surface area contributed by atoms with E-state index in [1.165, 1.54) is 31.2 Å². The van der Waals surface area contributed by atoms with E-state index in [-0.39, 0.29) is 44.3 Å². The molecule has 1 aromatic carbocycles. The van der Waals surface area contributed by atoms with E-state index in [2.05, 4.69) is 25.5 Å². The number of aromatic nitrogens is 2. The van der Waals surface area contributed by atoms with Crippen molar-refractivity contribution in [2.45, 2.75) is 13.3 Å². The van der Waals surface area contributed by atoms with E-state index in [9.17, 15) is 24.5 Å². The zero-order valence-electron chi connectivity index (χ0n) is 14.7. The fourth-order valence-electron chi connectivity index (χ4n) is 2.44. The Morgan fingerprint density at radius 1 is 1.24 bits per heavy atom. The van der Waals surface area contributed by atoms with Crippen molar-refractivity contribution in [3.05, 3.63) is 66.7 Å². The Bertz CT molecular complexity index is 1280. The summed E-state index contributed by atoms with van der Waals surface area (Å²) in [5.41, 5.74) is 1.68. The van der Waals surface area contributed by atoms with E-state index in [0.717, 1.165) is 6.07 Å². The lowest BCUT2D eigenvalue weighted by molar-refractivity contribution is -0.383. The van der Waals surface area contributed by atoms with Crippen molar-refractivity contribution in [2.24, 2.45) is 10.1 Å². The molecule has 0 bridgehead atoms. The molecule has 146 valence electrons. The first-order valence-corrected chi connectivity index (χ1v) is 8.41. The normalized spacial score (nSPS) is 12.3. The van der Waals surface area contributed by atoms with E-state index in [1.54, 1.807) is 0 Å². The molecule has 0 fully saturated rings. The van der Waals surface area contributed by atoms with Crippen LogP contribution in [0.5, 0.6) is 0 Å². The second kappa shape index (κ2) is 8.02. The van der Waals surface area contributed by atoms with Crippen molar-refractivity contribution >= 4 is 34.7 Å². The van der Waals surface area contributed by atoms with Gasteiger partial charge >= 0.3 is 5.69 Å². The highest BCUT2D eigenvalue weighted by Crippen LogP contribution is 2.27. The number of nitro groups is 1. The third-order valence-electron chi connectivity index (χ3n) is 3.62. The Morgan fingerprint density at radius 3 is 2.69 bits per heavy atom. The number of imidazole rings is 1. The number of nitro benzene ring substituents is 1. The summed E-state index contributed by atoms with van der Waals surface area (Å²) in [7, 11) is 0. The van der Waals surface area contributed by atoms with Gasteiger partial charge in [0.05, 0.1) is 22.4 Å². The van der Waals surface area contributed by atoms with Crippen LogP contribution < -0.4 is 21.8 Å². The molecule has 1 aliphatic carbocycles.